The van der Waals surface area contributed by atoms with E-state index in [-0.39, 0.29) is 16.4 Å². The Balaban J connectivity index is 0.000000687. The van der Waals surface area contributed by atoms with Gasteiger partial charge in [0, 0.05) is 25.2 Å². The van der Waals surface area contributed by atoms with Gasteiger partial charge in [0.25, 0.3) is 11.2 Å². The molecule has 7 nitrogen and oxygen atoms in total. The van der Waals surface area contributed by atoms with Gasteiger partial charge in [-0.15, -0.1) is 0 Å². The zero-order valence-electron chi connectivity index (χ0n) is 16.4. The Labute approximate surface area is 173 Å². The molecule has 0 radical (unpaired) electrons. The Morgan fingerprint density at radius 3 is 2.34 bits per heavy atom. The molecule has 2 aromatic rings. The molecule has 1 aromatic carbocycles. The van der Waals surface area contributed by atoms with Gasteiger partial charge in [-0.1, -0.05) is 36.9 Å². The SMILES string of the molecule is CC(=O)O.CCc1ccc(CCOc2ccc(CC3SC(=O)NC3=O)cc2)nc1. The molecule has 2 heterocycles. The fraction of sp³-hybridized carbons (Fsp3) is 0.333. The maximum atomic E-state index is 11.6. The van der Waals surface area contributed by atoms with Gasteiger partial charge in [0.15, 0.2) is 0 Å². The minimum atomic E-state index is -0.833. The first-order valence-electron chi connectivity index (χ1n) is 9.24. The molecule has 1 aliphatic rings. The number of ether oxygens (including phenoxy) is 1. The number of aliphatic carboxylic acids is 1. The van der Waals surface area contributed by atoms with E-state index in [4.69, 9.17) is 14.6 Å². The smallest absolute Gasteiger partial charge is 0.300 e. The number of hydrogen-bond donors (Lipinski definition) is 2. The third kappa shape index (κ3) is 7.95. The Hall–Kier alpha value is -2.87. The van der Waals surface area contributed by atoms with Crippen molar-refractivity contribution >= 4 is 28.9 Å². The van der Waals surface area contributed by atoms with E-state index >= 15 is 0 Å². The van der Waals surface area contributed by atoms with Crippen molar-refractivity contribution in [2.75, 3.05) is 6.61 Å². The molecule has 0 bridgehead atoms. The molecule has 0 spiro atoms. The minimum absolute atomic E-state index is 0.211. The van der Waals surface area contributed by atoms with Gasteiger partial charge in [-0.3, -0.25) is 24.7 Å². The molecule has 1 unspecified atom stereocenters. The van der Waals surface area contributed by atoms with Crippen molar-refractivity contribution < 1.29 is 24.2 Å². The molecule has 1 fully saturated rings. The Morgan fingerprint density at radius 2 is 1.83 bits per heavy atom. The third-order valence-electron chi connectivity index (χ3n) is 4.03. The number of carbonyl (C=O) groups excluding carboxylic acids is 2. The van der Waals surface area contributed by atoms with Crippen LogP contribution in [0.3, 0.4) is 0 Å². The number of aromatic nitrogens is 1. The van der Waals surface area contributed by atoms with E-state index in [2.05, 4.69) is 23.3 Å². The number of carboxylic acid groups (broad SMARTS) is 1. The van der Waals surface area contributed by atoms with Crippen molar-refractivity contribution in [3.05, 3.63) is 59.4 Å². The third-order valence-corrected chi connectivity index (χ3v) is 5.01. The maximum Gasteiger partial charge on any atom is 0.300 e. The monoisotopic (exact) mass is 416 g/mol. The van der Waals surface area contributed by atoms with Gasteiger partial charge in [-0.2, -0.15) is 0 Å². The van der Waals surface area contributed by atoms with Crippen LogP contribution in [0.25, 0.3) is 0 Å². The maximum absolute atomic E-state index is 11.6. The van der Waals surface area contributed by atoms with Crippen LogP contribution in [0.2, 0.25) is 0 Å². The Kier molecular flexibility index (Phi) is 8.67. The summed E-state index contributed by atoms with van der Waals surface area (Å²) in [5.41, 5.74) is 3.25. The quantitative estimate of drug-likeness (QED) is 0.714. The molecule has 29 heavy (non-hydrogen) atoms. The molecule has 2 amide bonds. The number of carboxylic acids is 1. The minimum Gasteiger partial charge on any atom is -0.493 e. The first-order chi connectivity index (χ1) is 13.9. The van der Waals surface area contributed by atoms with Crippen LogP contribution in [0.5, 0.6) is 5.75 Å². The summed E-state index contributed by atoms with van der Waals surface area (Å²) < 4.78 is 5.75. The van der Waals surface area contributed by atoms with Crippen molar-refractivity contribution in [3.8, 4) is 5.75 Å². The number of rotatable bonds is 7. The number of nitrogens with zero attached hydrogens (tertiary/aromatic N) is 1. The largest absolute Gasteiger partial charge is 0.493 e. The zero-order chi connectivity index (χ0) is 21.2. The lowest BCUT2D eigenvalue weighted by Gasteiger charge is -2.09. The number of carbonyl (C=O) groups is 3. The highest BCUT2D eigenvalue weighted by atomic mass is 32.2. The van der Waals surface area contributed by atoms with E-state index < -0.39 is 5.97 Å². The highest BCUT2D eigenvalue weighted by Gasteiger charge is 2.31. The molecule has 8 heteroatoms. The van der Waals surface area contributed by atoms with E-state index in [0.717, 1.165) is 48.5 Å². The Morgan fingerprint density at radius 1 is 1.17 bits per heavy atom. The fourth-order valence-electron chi connectivity index (χ4n) is 2.55. The summed E-state index contributed by atoms with van der Waals surface area (Å²) in [4.78, 5) is 36.2. The molecule has 1 atom stereocenters. The van der Waals surface area contributed by atoms with Crippen LogP contribution in [-0.4, -0.2) is 39.1 Å². The van der Waals surface area contributed by atoms with Gasteiger partial charge in [-0.25, -0.2) is 0 Å². The predicted molar refractivity (Wildman–Crippen MR) is 111 cm³/mol. The molecule has 2 N–H and O–H groups in total. The molecule has 3 rings (SSSR count). The number of imide groups is 1. The zero-order valence-corrected chi connectivity index (χ0v) is 17.2. The Bertz CT molecular complexity index is 833. The molecule has 0 saturated carbocycles. The average Bonchev–Trinajstić information content (AvgIpc) is 3.00. The van der Waals surface area contributed by atoms with Crippen LogP contribution in [-0.2, 0) is 28.9 Å². The number of nitrogens with one attached hydrogen (secondary N) is 1. The van der Waals surface area contributed by atoms with Crippen molar-refractivity contribution in [1.82, 2.24) is 10.3 Å². The van der Waals surface area contributed by atoms with Gasteiger partial charge in [-0.05, 0) is 42.2 Å². The summed E-state index contributed by atoms with van der Waals surface area (Å²) >= 11 is 1.05. The fourth-order valence-corrected chi connectivity index (χ4v) is 3.41. The van der Waals surface area contributed by atoms with Gasteiger partial charge in [0.1, 0.15) is 5.75 Å². The number of hydrogen-bond acceptors (Lipinski definition) is 6. The van der Waals surface area contributed by atoms with E-state index in [1.807, 2.05) is 36.5 Å². The highest BCUT2D eigenvalue weighted by molar-refractivity contribution is 8.15. The van der Waals surface area contributed by atoms with Crippen molar-refractivity contribution in [2.24, 2.45) is 0 Å². The lowest BCUT2D eigenvalue weighted by molar-refractivity contribution is -0.134. The second-order valence-corrected chi connectivity index (χ2v) is 7.54. The van der Waals surface area contributed by atoms with Crippen LogP contribution in [0.15, 0.2) is 42.6 Å². The van der Waals surface area contributed by atoms with Crippen LogP contribution in [0.1, 0.15) is 30.7 Å². The van der Waals surface area contributed by atoms with Crippen molar-refractivity contribution in [1.29, 1.82) is 0 Å². The number of aryl methyl sites for hydroxylation is 1. The number of benzene rings is 1. The summed E-state index contributed by atoms with van der Waals surface area (Å²) in [5.74, 6) is -0.259. The molecule has 1 aromatic heterocycles. The number of pyridine rings is 1. The van der Waals surface area contributed by atoms with Crippen molar-refractivity contribution in [3.63, 3.8) is 0 Å². The number of amides is 2. The molecule has 1 saturated heterocycles. The van der Waals surface area contributed by atoms with Crippen LogP contribution in [0.4, 0.5) is 4.79 Å². The van der Waals surface area contributed by atoms with E-state index in [1.165, 1.54) is 5.56 Å². The first kappa shape index (κ1) is 22.4. The van der Waals surface area contributed by atoms with Crippen LogP contribution >= 0.6 is 11.8 Å². The summed E-state index contributed by atoms with van der Waals surface area (Å²) in [6.07, 6.45) is 4.19. The van der Waals surface area contributed by atoms with E-state index in [9.17, 15) is 9.59 Å². The summed E-state index contributed by atoms with van der Waals surface area (Å²) in [5, 5.41) is 9.12. The number of thioether (sulfide) groups is 1. The lowest BCUT2D eigenvalue weighted by atomic mass is 10.1. The second-order valence-electron chi connectivity index (χ2n) is 6.36. The molecule has 0 aliphatic carbocycles. The topological polar surface area (TPSA) is 106 Å². The highest BCUT2D eigenvalue weighted by Crippen LogP contribution is 2.23. The van der Waals surface area contributed by atoms with Gasteiger partial charge >= 0.3 is 0 Å². The molecule has 1 aliphatic heterocycles. The van der Waals surface area contributed by atoms with Crippen LogP contribution < -0.4 is 10.1 Å². The van der Waals surface area contributed by atoms with E-state index in [0.29, 0.717) is 13.0 Å². The standard InChI is InChI=1S/C19H20N2O3S.C2H4O2/c1-2-13-3-6-15(20-12-13)9-10-24-16-7-4-14(5-8-16)11-17-18(22)21-19(23)25-17;1-2(3)4/h3-8,12,17H,2,9-11H2,1H3,(H,21,22,23);1H3,(H,3,4). The van der Waals surface area contributed by atoms with Gasteiger partial charge in [0.2, 0.25) is 5.91 Å². The lowest BCUT2D eigenvalue weighted by Crippen LogP contribution is -2.25. The van der Waals surface area contributed by atoms with E-state index in [1.54, 1.807) is 0 Å². The summed E-state index contributed by atoms with van der Waals surface area (Å²) in [7, 11) is 0. The second kappa shape index (κ2) is 11.2. The normalized spacial score (nSPS) is 15.3. The van der Waals surface area contributed by atoms with Gasteiger partial charge < -0.3 is 9.84 Å². The van der Waals surface area contributed by atoms with Crippen molar-refractivity contribution in [2.45, 2.75) is 38.4 Å². The summed E-state index contributed by atoms with van der Waals surface area (Å²) in [6, 6.07) is 11.8. The average molecular weight is 416 g/mol. The van der Waals surface area contributed by atoms with Crippen LogP contribution in [0, 0.1) is 0 Å². The summed E-state index contributed by atoms with van der Waals surface area (Å²) in [6.45, 7) is 3.76. The first-order valence-corrected chi connectivity index (χ1v) is 10.1. The predicted octanol–water partition coefficient (Wildman–Crippen LogP) is 3.25. The van der Waals surface area contributed by atoms with Gasteiger partial charge in [0.05, 0.1) is 11.9 Å². The molecule has 154 valence electrons. The molecular formula is C21H24N2O5S. The molecular weight excluding hydrogens is 392 g/mol.